The van der Waals surface area contributed by atoms with Crippen molar-refractivity contribution in [3.05, 3.63) is 48.5 Å². The maximum atomic E-state index is 11.9. The fourth-order valence-corrected chi connectivity index (χ4v) is 1.67. The molecule has 1 heterocycles. The van der Waals surface area contributed by atoms with E-state index in [1.807, 2.05) is 0 Å². The third-order valence-corrected chi connectivity index (χ3v) is 2.58. The molecule has 0 radical (unpaired) electrons. The fourth-order valence-electron chi connectivity index (χ4n) is 1.67. The second kappa shape index (κ2) is 6.87. The number of hydrogen-bond donors (Lipinski definition) is 2. The Kier molecular flexibility index (Phi) is 4.90. The number of aromatic nitrogens is 2. The molecular weight excluding hydrogens is 296 g/mol. The van der Waals surface area contributed by atoms with E-state index in [1.165, 1.54) is 18.6 Å². The molecule has 0 unspecified atom stereocenters. The van der Waals surface area contributed by atoms with Gasteiger partial charge in [-0.1, -0.05) is 0 Å². The number of carbonyl (C=O) groups excluding carboxylic acids is 2. The van der Waals surface area contributed by atoms with Gasteiger partial charge in [0.2, 0.25) is 0 Å². The molecule has 0 aliphatic heterocycles. The molecule has 7 heteroatoms. The van der Waals surface area contributed by atoms with Crippen LogP contribution in [0, 0.1) is 0 Å². The van der Waals surface area contributed by atoms with E-state index in [9.17, 15) is 9.59 Å². The van der Waals surface area contributed by atoms with Crippen LogP contribution in [0.25, 0.3) is 0 Å². The first-order chi connectivity index (χ1) is 10.8. The quantitative estimate of drug-likeness (QED) is 0.908. The summed E-state index contributed by atoms with van der Waals surface area (Å²) >= 11 is 0. The van der Waals surface area contributed by atoms with Gasteiger partial charge in [0.15, 0.2) is 0 Å². The van der Waals surface area contributed by atoms with E-state index in [1.54, 1.807) is 45.0 Å². The zero-order chi connectivity index (χ0) is 16.9. The number of nitrogens with zero attached hydrogens (tertiary/aromatic N) is 2. The molecule has 0 bridgehead atoms. The highest BCUT2D eigenvalue weighted by Gasteiger charge is 2.16. The highest BCUT2D eigenvalue weighted by atomic mass is 16.6. The molecule has 0 saturated carbocycles. The summed E-state index contributed by atoms with van der Waals surface area (Å²) in [6.45, 7) is 5.37. The summed E-state index contributed by atoms with van der Waals surface area (Å²) in [6, 6.07) is 6.66. The first-order valence-electron chi connectivity index (χ1n) is 7.01. The highest BCUT2D eigenvalue weighted by Crippen LogP contribution is 2.16. The average Bonchev–Trinajstić information content (AvgIpc) is 2.48. The van der Waals surface area contributed by atoms with Crippen molar-refractivity contribution in [3.8, 4) is 0 Å². The molecule has 23 heavy (non-hydrogen) atoms. The standard InChI is InChI=1S/C16H18N4O3/c1-16(2,3)23-15(22)20-12-6-4-11(5-7-12)19-14(21)13-10-17-8-9-18-13/h4-10H,1-3H3,(H,19,21)(H,20,22). The Morgan fingerprint density at radius 3 is 2.13 bits per heavy atom. The van der Waals surface area contributed by atoms with Crippen molar-refractivity contribution in [3.63, 3.8) is 0 Å². The predicted molar refractivity (Wildman–Crippen MR) is 86.3 cm³/mol. The normalized spacial score (nSPS) is 10.7. The minimum Gasteiger partial charge on any atom is -0.444 e. The number of amides is 2. The third-order valence-electron chi connectivity index (χ3n) is 2.58. The van der Waals surface area contributed by atoms with E-state index in [0.717, 1.165) is 0 Å². The van der Waals surface area contributed by atoms with E-state index in [4.69, 9.17) is 4.74 Å². The van der Waals surface area contributed by atoms with E-state index < -0.39 is 11.7 Å². The van der Waals surface area contributed by atoms with Gasteiger partial charge in [-0.05, 0) is 45.0 Å². The van der Waals surface area contributed by atoms with Crippen LogP contribution in [0.2, 0.25) is 0 Å². The summed E-state index contributed by atoms with van der Waals surface area (Å²) < 4.78 is 5.16. The molecule has 0 aliphatic carbocycles. The second-order valence-electron chi connectivity index (χ2n) is 5.75. The molecule has 0 saturated heterocycles. The highest BCUT2D eigenvalue weighted by molar-refractivity contribution is 6.02. The number of hydrogen-bond acceptors (Lipinski definition) is 5. The lowest BCUT2D eigenvalue weighted by Crippen LogP contribution is -2.27. The van der Waals surface area contributed by atoms with E-state index in [0.29, 0.717) is 11.4 Å². The van der Waals surface area contributed by atoms with Gasteiger partial charge in [-0.25, -0.2) is 9.78 Å². The first-order valence-corrected chi connectivity index (χ1v) is 7.01. The maximum Gasteiger partial charge on any atom is 0.412 e. The van der Waals surface area contributed by atoms with Crippen LogP contribution >= 0.6 is 0 Å². The van der Waals surface area contributed by atoms with Gasteiger partial charge < -0.3 is 10.1 Å². The van der Waals surface area contributed by atoms with E-state index >= 15 is 0 Å². The van der Waals surface area contributed by atoms with Gasteiger partial charge in [-0.3, -0.25) is 15.1 Å². The van der Waals surface area contributed by atoms with Crippen molar-refractivity contribution in [1.29, 1.82) is 0 Å². The first kappa shape index (κ1) is 16.4. The molecular formula is C16H18N4O3. The Morgan fingerprint density at radius 2 is 1.61 bits per heavy atom. The molecule has 0 spiro atoms. The zero-order valence-corrected chi connectivity index (χ0v) is 13.2. The largest absolute Gasteiger partial charge is 0.444 e. The lowest BCUT2D eigenvalue weighted by Gasteiger charge is -2.19. The predicted octanol–water partition coefficient (Wildman–Crippen LogP) is 3.08. The monoisotopic (exact) mass is 314 g/mol. The minimum atomic E-state index is -0.561. The summed E-state index contributed by atoms with van der Waals surface area (Å²) in [7, 11) is 0. The van der Waals surface area contributed by atoms with E-state index in [2.05, 4.69) is 20.6 Å². The van der Waals surface area contributed by atoms with Crippen LogP contribution in [0.5, 0.6) is 0 Å². The smallest absolute Gasteiger partial charge is 0.412 e. The fraction of sp³-hybridized carbons (Fsp3) is 0.250. The van der Waals surface area contributed by atoms with E-state index in [-0.39, 0.29) is 11.6 Å². The average molecular weight is 314 g/mol. The number of anilines is 2. The Hall–Kier alpha value is -2.96. The van der Waals surface area contributed by atoms with Crippen LogP contribution in [0.15, 0.2) is 42.9 Å². The summed E-state index contributed by atoms with van der Waals surface area (Å²) in [4.78, 5) is 31.3. The Labute approximate surface area is 134 Å². The van der Waals surface area contributed by atoms with Gasteiger partial charge in [-0.15, -0.1) is 0 Å². The summed E-state index contributed by atoms with van der Waals surface area (Å²) in [5, 5.41) is 5.31. The second-order valence-corrected chi connectivity index (χ2v) is 5.75. The third kappa shape index (κ3) is 5.39. The molecule has 120 valence electrons. The molecule has 7 nitrogen and oxygen atoms in total. The number of carbonyl (C=O) groups is 2. The lowest BCUT2D eigenvalue weighted by molar-refractivity contribution is 0.0635. The van der Waals surface area contributed by atoms with Crippen LogP contribution in [-0.4, -0.2) is 27.6 Å². The molecule has 0 fully saturated rings. The Morgan fingerprint density at radius 1 is 1.00 bits per heavy atom. The van der Waals surface area contributed by atoms with Gasteiger partial charge in [0, 0.05) is 23.8 Å². The van der Waals surface area contributed by atoms with Gasteiger partial charge in [0.25, 0.3) is 5.91 Å². The van der Waals surface area contributed by atoms with Crippen molar-refractivity contribution in [2.24, 2.45) is 0 Å². The van der Waals surface area contributed by atoms with Gasteiger partial charge in [0.05, 0.1) is 6.20 Å². The van der Waals surface area contributed by atoms with Gasteiger partial charge >= 0.3 is 6.09 Å². The van der Waals surface area contributed by atoms with Crippen molar-refractivity contribution >= 4 is 23.4 Å². The topological polar surface area (TPSA) is 93.2 Å². The van der Waals surface area contributed by atoms with Gasteiger partial charge in [0.1, 0.15) is 11.3 Å². The number of rotatable bonds is 3. The summed E-state index contributed by atoms with van der Waals surface area (Å²) in [6.07, 6.45) is 3.79. The SMILES string of the molecule is CC(C)(C)OC(=O)Nc1ccc(NC(=O)c2cnccn2)cc1. The molecule has 1 aromatic heterocycles. The molecule has 2 amide bonds. The number of nitrogens with one attached hydrogen (secondary N) is 2. The molecule has 2 N–H and O–H groups in total. The molecule has 0 aliphatic rings. The molecule has 2 rings (SSSR count). The van der Waals surface area contributed by atoms with Crippen LogP contribution in [-0.2, 0) is 4.74 Å². The molecule has 2 aromatic rings. The van der Waals surface area contributed by atoms with Crippen molar-refractivity contribution < 1.29 is 14.3 Å². The Balaban J connectivity index is 1.95. The number of benzene rings is 1. The van der Waals surface area contributed by atoms with Crippen molar-refractivity contribution in [2.75, 3.05) is 10.6 Å². The van der Waals surface area contributed by atoms with Crippen LogP contribution in [0.1, 0.15) is 31.3 Å². The van der Waals surface area contributed by atoms with Crippen LogP contribution in [0.4, 0.5) is 16.2 Å². The summed E-state index contributed by atoms with van der Waals surface area (Å²) in [5.41, 5.74) is 0.810. The minimum absolute atomic E-state index is 0.225. The van der Waals surface area contributed by atoms with Crippen LogP contribution < -0.4 is 10.6 Å². The zero-order valence-electron chi connectivity index (χ0n) is 13.2. The lowest BCUT2D eigenvalue weighted by atomic mass is 10.2. The maximum absolute atomic E-state index is 11.9. The molecule has 1 aromatic carbocycles. The van der Waals surface area contributed by atoms with Gasteiger partial charge in [-0.2, -0.15) is 0 Å². The number of ether oxygens (including phenoxy) is 1. The Bertz CT molecular complexity index is 679. The molecule has 0 atom stereocenters. The van der Waals surface area contributed by atoms with Crippen LogP contribution in [0.3, 0.4) is 0 Å². The van der Waals surface area contributed by atoms with Crippen molar-refractivity contribution in [1.82, 2.24) is 9.97 Å². The summed E-state index contributed by atoms with van der Waals surface area (Å²) in [5.74, 6) is -0.356. The van der Waals surface area contributed by atoms with Crippen molar-refractivity contribution in [2.45, 2.75) is 26.4 Å².